The molecule has 1 saturated heterocycles. The number of hydrogen-bond donors (Lipinski definition) is 2. The molecule has 4 rings (SSSR count). The van der Waals surface area contributed by atoms with Gasteiger partial charge >= 0.3 is 0 Å². The zero-order chi connectivity index (χ0) is 17.2. The number of fused-ring (bicyclic) bond motifs is 1. The number of imidazole rings is 1. The predicted octanol–water partition coefficient (Wildman–Crippen LogP) is 1.52. The third kappa shape index (κ3) is 3.55. The monoisotopic (exact) mass is 341 g/mol. The Bertz CT molecular complexity index is 741. The normalized spacial score (nSPS) is 25.2. The van der Waals surface area contributed by atoms with E-state index in [2.05, 4.69) is 20.5 Å². The fourth-order valence-electron chi connectivity index (χ4n) is 4.18. The summed E-state index contributed by atoms with van der Waals surface area (Å²) in [5.74, 6) is 0.0261. The van der Waals surface area contributed by atoms with Crippen molar-refractivity contribution in [3.05, 3.63) is 30.1 Å². The molecule has 1 aromatic heterocycles. The first-order valence-electron chi connectivity index (χ1n) is 9.37. The molecule has 1 aliphatic carbocycles. The van der Waals surface area contributed by atoms with E-state index in [1.54, 1.807) is 6.33 Å². The summed E-state index contributed by atoms with van der Waals surface area (Å²) >= 11 is 0. The van der Waals surface area contributed by atoms with Crippen LogP contribution >= 0.6 is 0 Å². The number of benzene rings is 1. The molecule has 2 aliphatic rings. The summed E-state index contributed by atoms with van der Waals surface area (Å²) in [4.78, 5) is 19.5. The fourth-order valence-corrected chi connectivity index (χ4v) is 4.18. The minimum atomic E-state index is 0.0261. The molecule has 2 heterocycles. The van der Waals surface area contributed by atoms with E-state index in [-0.39, 0.29) is 5.91 Å². The van der Waals surface area contributed by atoms with Crippen LogP contribution in [0.15, 0.2) is 24.5 Å². The lowest BCUT2D eigenvalue weighted by Gasteiger charge is -2.39. The summed E-state index contributed by atoms with van der Waals surface area (Å²) in [7, 11) is 1.96. The second kappa shape index (κ2) is 7.14. The van der Waals surface area contributed by atoms with Crippen LogP contribution in [0.1, 0.15) is 36.0 Å². The maximum absolute atomic E-state index is 12.6. The highest BCUT2D eigenvalue weighted by Gasteiger charge is 2.27. The van der Waals surface area contributed by atoms with Gasteiger partial charge in [0.05, 0.1) is 17.4 Å². The summed E-state index contributed by atoms with van der Waals surface area (Å²) in [5, 5.41) is 6.64. The van der Waals surface area contributed by atoms with Crippen LogP contribution in [0.4, 0.5) is 0 Å². The van der Waals surface area contributed by atoms with Crippen LogP contribution in [0.2, 0.25) is 0 Å². The highest BCUT2D eigenvalue weighted by Crippen LogP contribution is 2.24. The number of nitrogens with zero attached hydrogens (tertiary/aromatic N) is 3. The van der Waals surface area contributed by atoms with E-state index in [1.807, 2.05) is 29.8 Å². The van der Waals surface area contributed by atoms with Gasteiger partial charge in [0.25, 0.3) is 5.91 Å². The first kappa shape index (κ1) is 16.5. The molecule has 1 saturated carbocycles. The SMILES string of the molecule is Cn1cnc2cc(C(=O)NC3CCC(N4CCNCC4)CC3)ccc21. The van der Waals surface area contributed by atoms with E-state index in [9.17, 15) is 4.79 Å². The minimum Gasteiger partial charge on any atom is -0.349 e. The van der Waals surface area contributed by atoms with Gasteiger partial charge in [-0.25, -0.2) is 4.98 Å². The fraction of sp³-hybridized carbons (Fsp3) is 0.579. The van der Waals surface area contributed by atoms with Crippen LogP contribution in [0.5, 0.6) is 0 Å². The number of aromatic nitrogens is 2. The lowest BCUT2D eigenvalue weighted by atomic mass is 9.89. The molecule has 0 radical (unpaired) electrons. The minimum absolute atomic E-state index is 0.0261. The van der Waals surface area contributed by atoms with Gasteiger partial charge in [-0.15, -0.1) is 0 Å². The van der Waals surface area contributed by atoms with Crippen LogP contribution in [-0.2, 0) is 7.05 Å². The van der Waals surface area contributed by atoms with E-state index in [0.29, 0.717) is 17.6 Å². The van der Waals surface area contributed by atoms with Gasteiger partial charge in [0, 0.05) is 50.9 Å². The Morgan fingerprint density at radius 3 is 2.72 bits per heavy atom. The number of piperazine rings is 1. The summed E-state index contributed by atoms with van der Waals surface area (Å²) in [6.07, 6.45) is 6.30. The van der Waals surface area contributed by atoms with E-state index in [4.69, 9.17) is 0 Å². The van der Waals surface area contributed by atoms with Gasteiger partial charge in [-0.05, 0) is 43.9 Å². The number of rotatable bonds is 3. The Morgan fingerprint density at radius 2 is 1.96 bits per heavy atom. The topological polar surface area (TPSA) is 62.2 Å². The second-order valence-corrected chi connectivity index (χ2v) is 7.32. The van der Waals surface area contributed by atoms with Crippen molar-refractivity contribution in [3.8, 4) is 0 Å². The van der Waals surface area contributed by atoms with E-state index < -0.39 is 0 Å². The number of carbonyl (C=O) groups excluding carboxylic acids is 1. The van der Waals surface area contributed by atoms with Crippen molar-refractivity contribution in [1.29, 1.82) is 0 Å². The number of nitrogens with one attached hydrogen (secondary N) is 2. The van der Waals surface area contributed by atoms with Gasteiger partial charge in [0.2, 0.25) is 0 Å². The molecule has 1 amide bonds. The Labute approximate surface area is 148 Å². The van der Waals surface area contributed by atoms with E-state index in [0.717, 1.165) is 50.1 Å². The summed E-state index contributed by atoms with van der Waals surface area (Å²) in [5.41, 5.74) is 2.63. The lowest BCUT2D eigenvalue weighted by Crippen LogP contribution is -2.50. The molecule has 0 bridgehead atoms. The smallest absolute Gasteiger partial charge is 0.251 e. The van der Waals surface area contributed by atoms with Crippen LogP contribution in [0.25, 0.3) is 11.0 Å². The standard InChI is InChI=1S/C19H27N5O/c1-23-13-21-17-12-14(2-7-18(17)23)19(25)22-15-3-5-16(6-4-15)24-10-8-20-9-11-24/h2,7,12-13,15-16,20H,3-6,8-11H2,1H3,(H,22,25). The molecule has 6 heteroatoms. The summed E-state index contributed by atoms with van der Waals surface area (Å²) in [6.45, 7) is 4.52. The van der Waals surface area contributed by atoms with Gasteiger partial charge in [0.15, 0.2) is 0 Å². The molecule has 0 spiro atoms. The van der Waals surface area contributed by atoms with Crippen molar-refractivity contribution >= 4 is 16.9 Å². The maximum Gasteiger partial charge on any atom is 0.251 e. The first-order valence-corrected chi connectivity index (χ1v) is 9.37. The van der Waals surface area contributed by atoms with Crippen molar-refractivity contribution < 1.29 is 4.79 Å². The Kier molecular flexibility index (Phi) is 4.72. The summed E-state index contributed by atoms with van der Waals surface area (Å²) < 4.78 is 1.97. The van der Waals surface area contributed by atoms with Gasteiger partial charge < -0.3 is 15.2 Å². The molecule has 2 fully saturated rings. The third-order valence-corrected chi connectivity index (χ3v) is 5.69. The Balaban J connectivity index is 1.33. The van der Waals surface area contributed by atoms with Crippen LogP contribution < -0.4 is 10.6 Å². The number of aryl methyl sites for hydroxylation is 1. The van der Waals surface area contributed by atoms with Gasteiger partial charge in [-0.1, -0.05) is 0 Å². The van der Waals surface area contributed by atoms with Crippen molar-refractivity contribution in [1.82, 2.24) is 25.1 Å². The number of hydrogen-bond acceptors (Lipinski definition) is 4. The molecular weight excluding hydrogens is 314 g/mol. The van der Waals surface area contributed by atoms with E-state index >= 15 is 0 Å². The maximum atomic E-state index is 12.6. The van der Waals surface area contributed by atoms with Crippen molar-refractivity contribution in [2.75, 3.05) is 26.2 Å². The second-order valence-electron chi connectivity index (χ2n) is 7.32. The molecule has 2 aromatic rings. The molecule has 25 heavy (non-hydrogen) atoms. The number of carbonyl (C=O) groups is 1. The predicted molar refractivity (Wildman–Crippen MR) is 98.7 cm³/mol. The van der Waals surface area contributed by atoms with Crippen LogP contribution in [-0.4, -0.2) is 58.6 Å². The Morgan fingerprint density at radius 1 is 1.20 bits per heavy atom. The van der Waals surface area contributed by atoms with Crippen LogP contribution in [0.3, 0.4) is 0 Å². The first-order chi connectivity index (χ1) is 12.2. The zero-order valence-corrected chi connectivity index (χ0v) is 14.9. The molecule has 1 aliphatic heterocycles. The van der Waals surface area contributed by atoms with Gasteiger partial charge in [0.1, 0.15) is 0 Å². The zero-order valence-electron chi connectivity index (χ0n) is 14.9. The highest BCUT2D eigenvalue weighted by molar-refractivity contribution is 5.97. The Hall–Kier alpha value is -1.92. The van der Waals surface area contributed by atoms with E-state index in [1.165, 1.54) is 12.8 Å². The third-order valence-electron chi connectivity index (χ3n) is 5.69. The largest absolute Gasteiger partial charge is 0.349 e. The molecule has 0 unspecified atom stereocenters. The van der Waals surface area contributed by atoms with Crippen molar-refractivity contribution in [3.63, 3.8) is 0 Å². The average molecular weight is 341 g/mol. The van der Waals surface area contributed by atoms with Crippen LogP contribution in [0, 0.1) is 0 Å². The molecule has 1 aromatic carbocycles. The molecule has 0 atom stereocenters. The average Bonchev–Trinajstić information content (AvgIpc) is 3.03. The quantitative estimate of drug-likeness (QED) is 0.889. The molecule has 6 nitrogen and oxygen atoms in total. The lowest BCUT2D eigenvalue weighted by molar-refractivity contribution is 0.0894. The van der Waals surface area contributed by atoms with Crippen molar-refractivity contribution in [2.24, 2.45) is 7.05 Å². The highest BCUT2D eigenvalue weighted by atomic mass is 16.1. The number of amides is 1. The molecule has 134 valence electrons. The van der Waals surface area contributed by atoms with Gasteiger partial charge in [-0.3, -0.25) is 9.69 Å². The summed E-state index contributed by atoms with van der Waals surface area (Å²) in [6, 6.07) is 6.74. The van der Waals surface area contributed by atoms with Gasteiger partial charge in [-0.2, -0.15) is 0 Å². The molecular formula is C19H27N5O. The van der Waals surface area contributed by atoms with Crippen molar-refractivity contribution in [2.45, 2.75) is 37.8 Å². The molecule has 2 N–H and O–H groups in total.